The quantitative estimate of drug-likeness (QED) is 0.689. The molecule has 2 aromatic rings. The van der Waals surface area contributed by atoms with Gasteiger partial charge in [-0.15, -0.1) is 0 Å². The van der Waals surface area contributed by atoms with E-state index in [1.54, 1.807) is 31.2 Å². The van der Waals surface area contributed by atoms with Gasteiger partial charge >= 0.3 is 0 Å². The van der Waals surface area contributed by atoms with Crippen LogP contribution in [0.5, 0.6) is 11.5 Å². The van der Waals surface area contributed by atoms with E-state index in [9.17, 15) is 21.4 Å². The summed E-state index contributed by atoms with van der Waals surface area (Å²) in [5, 5.41) is 0. The summed E-state index contributed by atoms with van der Waals surface area (Å²) in [7, 11) is -6.48. The van der Waals surface area contributed by atoms with E-state index in [-0.39, 0.29) is 26.9 Å². The Morgan fingerprint density at radius 2 is 1.55 bits per heavy atom. The summed E-state index contributed by atoms with van der Waals surface area (Å²) in [5.41, 5.74) is 0.394. The van der Waals surface area contributed by atoms with E-state index in [1.165, 1.54) is 37.5 Å². The summed E-state index contributed by atoms with van der Waals surface area (Å²) in [4.78, 5) is 0.209. The van der Waals surface area contributed by atoms with Gasteiger partial charge in [0.15, 0.2) is 0 Å². The van der Waals surface area contributed by atoms with Crippen LogP contribution in [0.4, 0.5) is 0 Å². The lowest BCUT2D eigenvalue weighted by Gasteiger charge is -2.17. The summed E-state index contributed by atoms with van der Waals surface area (Å²) in [6.45, 7) is 1.56. The summed E-state index contributed by atoms with van der Waals surface area (Å²) < 4.78 is 68.4. The van der Waals surface area contributed by atoms with Crippen molar-refractivity contribution < 1.29 is 30.9 Å². The fraction of sp³-hybridized carbons (Fsp3) is 0.200. The van der Waals surface area contributed by atoms with Crippen LogP contribution in [0.2, 0.25) is 0 Å². The lowest BCUT2D eigenvalue weighted by atomic mass is 10.1. The van der Waals surface area contributed by atoms with Crippen molar-refractivity contribution >= 4 is 20.0 Å². The zero-order valence-corrected chi connectivity index (χ0v) is 17.5. The summed E-state index contributed by atoms with van der Waals surface area (Å²) in [5.74, 6) is 1.30. The average Bonchev–Trinajstić information content (AvgIpc) is 2.69. The molecule has 0 saturated heterocycles. The maximum atomic E-state index is 12.8. The van der Waals surface area contributed by atoms with Crippen LogP contribution in [-0.4, -0.2) is 28.5 Å². The highest BCUT2D eigenvalue weighted by molar-refractivity contribution is 7.95. The molecule has 9 heteroatoms. The maximum Gasteiger partial charge on any atom is 0.294 e. The summed E-state index contributed by atoms with van der Waals surface area (Å²) in [6, 6.07) is 10.5. The number of methoxy groups -OCH3 is 1. The molecule has 0 bridgehead atoms. The molecular formula is C20H20O7S2. The van der Waals surface area contributed by atoms with E-state index < -0.39 is 20.0 Å². The van der Waals surface area contributed by atoms with E-state index in [0.717, 1.165) is 0 Å². The molecule has 154 valence electrons. The van der Waals surface area contributed by atoms with Crippen molar-refractivity contribution in [3.63, 3.8) is 0 Å². The molecule has 3 rings (SSSR count). The zero-order valence-electron chi connectivity index (χ0n) is 15.8. The molecular weight excluding hydrogens is 416 g/mol. The van der Waals surface area contributed by atoms with E-state index in [2.05, 4.69) is 0 Å². The van der Waals surface area contributed by atoms with Gasteiger partial charge < -0.3 is 9.47 Å². The number of hydrogen-bond donors (Lipinski definition) is 1. The molecule has 0 aromatic heterocycles. The van der Waals surface area contributed by atoms with Crippen molar-refractivity contribution in [2.24, 2.45) is 0 Å². The molecule has 7 nitrogen and oxygen atoms in total. The Morgan fingerprint density at radius 3 is 2.10 bits per heavy atom. The fourth-order valence-electron chi connectivity index (χ4n) is 2.89. The third-order valence-electron chi connectivity index (χ3n) is 4.47. The minimum Gasteiger partial charge on any atom is -0.497 e. The fourth-order valence-corrected chi connectivity index (χ4v) is 5.04. The van der Waals surface area contributed by atoms with Gasteiger partial charge in [-0.05, 0) is 61.4 Å². The molecule has 0 radical (unpaired) electrons. The number of rotatable bonds is 6. The molecule has 0 aliphatic heterocycles. The van der Waals surface area contributed by atoms with Crippen LogP contribution >= 0.6 is 0 Å². The predicted molar refractivity (Wildman–Crippen MR) is 107 cm³/mol. The van der Waals surface area contributed by atoms with Crippen LogP contribution in [0.1, 0.15) is 18.4 Å². The van der Waals surface area contributed by atoms with Gasteiger partial charge in [0.05, 0.1) is 12.0 Å². The second kappa shape index (κ2) is 8.02. The highest BCUT2D eigenvalue weighted by Crippen LogP contribution is 2.31. The van der Waals surface area contributed by atoms with Gasteiger partial charge in [-0.2, -0.15) is 8.42 Å². The molecule has 0 saturated carbocycles. The molecule has 0 unspecified atom stereocenters. The van der Waals surface area contributed by atoms with E-state index >= 15 is 0 Å². The van der Waals surface area contributed by atoms with Gasteiger partial charge in [0.1, 0.15) is 22.2 Å². The van der Waals surface area contributed by atoms with Crippen LogP contribution in [0.3, 0.4) is 0 Å². The van der Waals surface area contributed by atoms with Crippen molar-refractivity contribution in [2.45, 2.75) is 29.6 Å². The first-order valence-corrected chi connectivity index (χ1v) is 11.6. The second-order valence-electron chi connectivity index (χ2n) is 6.45. The highest BCUT2D eigenvalue weighted by atomic mass is 32.2. The SMILES string of the molecule is COc1ccc(S(=O)(=O)C2=CC=C(Oc3ccc(C)c(S(=O)(=O)O)c3)CC2)cc1. The smallest absolute Gasteiger partial charge is 0.294 e. The number of sulfone groups is 1. The topological polar surface area (TPSA) is 107 Å². The Labute approximate surface area is 170 Å². The Kier molecular flexibility index (Phi) is 5.83. The van der Waals surface area contributed by atoms with Crippen LogP contribution in [-0.2, 0) is 20.0 Å². The maximum absolute atomic E-state index is 12.8. The monoisotopic (exact) mass is 436 g/mol. The van der Waals surface area contributed by atoms with Crippen LogP contribution in [0, 0.1) is 6.92 Å². The van der Waals surface area contributed by atoms with E-state index in [0.29, 0.717) is 23.5 Å². The van der Waals surface area contributed by atoms with Crippen LogP contribution in [0.15, 0.2) is 75.1 Å². The first kappa shape index (κ1) is 21.1. The molecule has 0 atom stereocenters. The standard InChI is InChI=1S/C20H20O7S2/c1-14-3-4-17(13-20(14)29(23,24)25)27-16-7-11-19(12-8-16)28(21,22)18-9-5-15(26-2)6-10-18/h3-7,9-11,13H,8,12H2,1-2H3,(H,23,24,25). The minimum atomic E-state index is -4.36. The van der Waals surface area contributed by atoms with Gasteiger partial charge in [0.25, 0.3) is 10.1 Å². The molecule has 1 aliphatic carbocycles. The number of allylic oxidation sites excluding steroid dienone is 4. The second-order valence-corrected chi connectivity index (χ2v) is 9.84. The van der Waals surface area contributed by atoms with E-state index in [1.807, 2.05) is 0 Å². The van der Waals surface area contributed by atoms with Crippen molar-refractivity contribution in [3.05, 3.63) is 70.8 Å². The Balaban J connectivity index is 1.82. The molecule has 0 amide bonds. The molecule has 0 fully saturated rings. The van der Waals surface area contributed by atoms with Crippen LogP contribution in [0.25, 0.3) is 0 Å². The Bertz CT molecular complexity index is 1190. The summed E-state index contributed by atoms with van der Waals surface area (Å²) >= 11 is 0. The molecule has 0 spiro atoms. The Hall–Kier alpha value is -2.62. The largest absolute Gasteiger partial charge is 0.497 e. The molecule has 1 aliphatic rings. The summed E-state index contributed by atoms with van der Waals surface area (Å²) in [6.07, 6.45) is 3.61. The van der Waals surface area contributed by atoms with Gasteiger partial charge in [0, 0.05) is 17.4 Å². The third-order valence-corrected chi connectivity index (χ3v) is 7.39. The molecule has 29 heavy (non-hydrogen) atoms. The van der Waals surface area contributed by atoms with Crippen molar-refractivity contribution in [1.29, 1.82) is 0 Å². The van der Waals surface area contributed by atoms with Crippen LogP contribution < -0.4 is 9.47 Å². The lowest BCUT2D eigenvalue weighted by molar-refractivity contribution is 0.400. The zero-order chi connectivity index (χ0) is 21.2. The number of hydrogen-bond acceptors (Lipinski definition) is 6. The lowest BCUT2D eigenvalue weighted by Crippen LogP contribution is -2.09. The van der Waals surface area contributed by atoms with Crippen molar-refractivity contribution in [1.82, 2.24) is 0 Å². The van der Waals surface area contributed by atoms with Gasteiger partial charge in [0.2, 0.25) is 9.84 Å². The van der Waals surface area contributed by atoms with Gasteiger partial charge in [-0.3, -0.25) is 4.55 Å². The first-order valence-electron chi connectivity index (χ1n) is 8.66. The van der Waals surface area contributed by atoms with Gasteiger partial charge in [-0.25, -0.2) is 8.42 Å². The number of benzene rings is 2. The Morgan fingerprint density at radius 1 is 0.897 bits per heavy atom. The van der Waals surface area contributed by atoms with Crippen molar-refractivity contribution in [2.75, 3.05) is 7.11 Å². The third kappa shape index (κ3) is 4.69. The average molecular weight is 437 g/mol. The molecule has 1 N–H and O–H groups in total. The number of aryl methyl sites for hydroxylation is 1. The predicted octanol–water partition coefficient (Wildman–Crippen LogP) is 3.66. The van der Waals surface area contributed by atoms with Crippen molar-refractivity contribution in [3.8, 4) is 11.5 Å². The number of ether oxygens (including phenoxy) is 2. The minimum absolute atomic E-state index is 0.179. The highest BCUT2D eigenvalue weighted by Gasteiger charge is 2.23. The molecule has 2 aromatic carbocycles. The first-order chi connectivity index (χ1) is 13.6. The molecule has 0 heterocycles. The van der Waals surface area contributed by atoms with E-state index in [4.69, 9.17) is 9.47 Å². The normalized spacial score (nSPS) is 14.7. The van der Waals surface area contributed by atoms with Gasteiger partial charge in [-0.1, -0.05) is 6.07 Å².